The lowest BCUT2D eigenvalue weighted by molar-refractivity contribution is -0.384. The van der Waals surface area contributed by atoms with E-state index in [2.05, 4.69) is 5.32 Å². The molecule has 28 heavy (non-hydrogen) atoms. The van der Waals surface area contributed by atoms with E-state index in [0.717, 1.165) is 5.70 Å². The lowest BCUT2D eigenvalue weighted by Gasteiger charge is -2.39. The number of nitro benzene ring substituents is 1. The van der Waals surface area contributed by atoms with Crippen molar-refractivity contribution >= 4 is 17.4 Å². The van der Waals surface area contributed by atoms with Crippen LogP contribution in [0.25, 0.3) is 0 Å². The normalized spacial score (nSPS) is 21.1. The number of dihydropyridines is 1. The molecule has 0 spiro atoms. The van der Waals surface area contributed by atoms with Crippen LogP contribution in [0.5, 0.6) is 0 Å². The summed E-state index contributed by atoms with van der Waals surface area (Å²) >= 11 is 0. The van der Waals surface area contributed by atoms with Crippen LogP contribution in [0.15, 0.2) is 46.8 Å². The van der Waals surface area contributed by atoms with Crippen molar-refractivity contribution in [3.05, 3.63) is 62.5 Å². The van der Waals surface area contributed by atoms with E-state index in [9.17, 15) is 19.7 Å². The Morgan fingerprint density at radius 2 is 2.07 bits per heavy atom. The molecule has 0 amide bonds. The van der Waals surface area contributed by atoms with Crippen molar-refractivity contribution in [2.75, 3.05) is 6.61 Å². The topological polar surface area (TPSA) is 98.5 Å². The highest BCUT2D eigenvalue weighted by atomic mass is 16.6. The number of hydrogen-bond acceptors (Lipinski definition) is 6. The summed E-state index contributed by atoms with van der Waals surface area (Å²) < 4.78 is 5.23. The van der Waals surface area contributed by atoms with Gasteiger partial charge in [0.25, 0.3) is 5.69 Å². The van der Waals surface area contributed by atoms with Gasteiger partial charge in [0, 0.05) is 41.4 Å². The molecule has 7 heteroatoms. The maximum Gasteiger partial charge on any atom is 0.336 e. The van der Waals surface area contributed by atoms with Crippen molar-refractivity contribution in [3.8, 4) is 0 Å². The summed E-state index contributed by atoms with van der Waals surface area (Å²) in [6.45, 7) is 7.74. The van der Waals surface area contributed by atoms with Crippen molar-refractivity contribution in [2.45, 2.75) is 46.5 Å². The highest BCUT2D eigenvalue weighted by Crippen LogP contribution is 2.47. The summed E-state index contributed by atoms with van der Waals surface area (Å²) in [6, 6.07) is 6.12. The predicted octanol–water partition coefficient (Wildman–Crippen LogP) is 3.76. The van der Waals surface area contributed by atoms with Gasteiger partial charge >= 0.3 is 5.97 Å². The molecular weight excluding hydrogens is 360 g/mol. The Morgan fingerprint density at radius 1 is 1.36 bits per heavy atom. The van der Waals surface area contributed by atoms with E-state index in [1.807, 2.05) is 13.8 Å². The van der Waals surface area contributed by atoms with Gasteiger partial charge in [-0.05, 0) is 31.2 Å². The molecule has 1 aliphatic heterocycles. The first-order valence-electron chi connectivity index (χ1n) is 9.30. The third-order valence-corrected chi connectivity index (χ3v) is 5.15. The number of allylic oxidation sites excluding steroid dienone is 3. The molecule has 0 saturated carbocycles. The minimum atomic E-state index is -0.682. The highest BCUT2D eigenvalue weighted by Gasteiger charge is 2.43. The lowest BCUT2D eigenvalue weighted by atomic mass is 9.68. The molecule has 148 valence electrons. The second-order valence-corrected chi connectivity index (χ2v) is 8.00. The molecule has 0 fully saturated rings. The van der Waals surface area contributed by atoms with E-state index in [0.29, 0.717) is 35.2 Å². The van der Waals surface area contributed by atoms with Gasteiger partial charge in [0.2, 0.25) is 0 Å². The molecule has 1 N–H and O–H groups in total. The van der Waals surface area contributed by atoms with Crippen LogP contribution in [-0.4, -0.2) is 23.3 Å². The molecule has 1 aromatic carbocycles. The Hall–Kier alpha value is -2.96. The lowest BCUT2D eigenvalue weighted by Crippen LogP contribution is -2.38. The molecule has 0 saturated heterocycles. The number of ether oxygens (including phenoxy) is 1. The summed E-state index contributed by atoms with van der Waals surface area (Å²) in [5.41, 5.74) is 2.49. The molecule has 7 nitrogen and oxygen atoms in total. The second kappa shape index (κ2) is 7.22. The maximum absolute atomic E-state index is 13.1. The van der Waals surface area contributed by atoms with Crippen molar-refractivity contribution in [1.82, 2.24) is 5.32 Å². The fourth-order valence-electron chi connectivity index (χ4n) is 4.07. The minimum Gasteiger partial charge on any atom is -0.463 e. The first-order valence-corrected chi connectivity index (χ1v) is 9.30. The van der Waals surface area contributed by atoms with E-state index in [4.69, 9.17) is 4.74 Å². The Kier molecular flexibility index (Phi) is 5.10. The molecule has 0 unspecified atom stereocenters. The number of non-ortho nitro benzene ring substituents is 1. The van der Waals surface area contributed by atoms with Gasteiger partial charge in [-0.15, -0.1) is 0 Å². The van der Waals surface area contributed by atoms with Gasteiger partial charge in [-0.3, -0.25) is 14.9 Å². The third-order valence-electron chi connectivity index (χ3n) is 5.15. The van der Waals surface area contributed by atoms with Gasteiger partial charge in [0.05, 0.1) is 17.1 Å². The number of ketones is 1. The number of rotatable bonds is 4. The molecule has 1 aromatic rings. The zero-order chi connectivity index (χ0) is 20.6. The monoisotopic (exact) mass is 384 g/mol. The predicted molar refractivity (Wildman–Crippen MR) is 103 cm³/mol. The molecule has 1 heterocycles. The SMILES string of the molecule is CCOC(=O)C1=C(C)NC2=C(C(=O)CC(C)(C)C2)[C@H]1c1cccc([N+](=O)[O-])c1. The number of nitrogens with one attached hydrogen (secondary N) is 1. The zero-order valence-corrected chi connectivity index (χ0v) is 16.5. The Morgan fingerprint density at radius 3 is 2.71 bits per heavy atom. The average molecular weight is 384 g/mol. The summed E-state index contributed by atoms with van der Waals surface area (Å²) in [6.07, 6.45) is 1.01. The van der Waals surface area contributed by atoms with Crippen molar-refractivity contribution in [3.63, 3.8) is 0 Å². The van der Waals surface area contributed by atoms with E-state index in [-0.39, 0.29) is 23.5 Å². The number of nitrogens with zero attached hydrogens (tertiary/aromatic N) is 1. The highest BCUT2D eigenvalue weighted by molar-refractivity contribution is 6.04. The number of carbonyl (C=O) groups excluding carboxylic acids is 2. The van der Waals surface area contributed by atoms with Gasteiger partial charge in [0.1, 0.15) is 0 Å². The van der Waals surface area contributed by atoms with E-state index in [1.165, 1.54) is 12.1 Å². The summed E-state index contributed by atoms with van der Waals surface area (Å²) in [5.74, 6) is -1.25. The number of Topliss-reactive ketones (excluding diaryl/α,β-unsaturated/α-hetero) is 1. The average Bonchev–Trinajstić information content (AvgIpc) is 2.59. The van der Waals surface area contributed by atoms with Crippen LogP contribution in [0.2, 0.25) is 0 Å². The first kappa shape index (κ1) is 19.8. The van der Waals surface area contributed by atoms with Crippen molar-refractivity contribution < 1.29 is 19.2 Å². The van der Waals surface area contributed by atoms with Gasteiger partial charge in [-0.25, -0.2) is 4.79 Å². The van der Waals surface area contributed by atoms with Crippen LogP contribution in [0, 0.1) is 15.5 Å². The first-order chi connectivity index (χ1) is 13.1. The largest absolute Gasteiger partial charge is 0.463 e. The Balaban J connectivity index is 2.21. The molecule has 3 rings (SSSR count). The molecule has 0 aromatic heterocycles. The minimum absolute atomic E-state index is 0.0513. The van der Waals surface area contributed by atoms with Gasteiger partial charge in [-0.2, -0.15) is 0 Å². The summed E-state index contributed by atoms with van der Waals surface area (Å²) in [7, 11) is 0. The Bertz CT molecular complexity index is 926. The van der Waals surface area contributed by atoms with Crippen LogP contribution >= 0.6 is 0 Å². The van der Waals surface area contributed by atoms with Crippen molar-refractivity contribution in [2.24, 2.45) is 5.41 Å². The van der Waals surface area contributed by atoms with Crippen molar-refractivity contribution in [1.29, 1.82) is 0 Å². The molecular formula is C21H24N2O5. The van der Waals surface area contributed by atoms with Gasteiger partial charge in [-0.1, -0.05) is 26.0 Å². The van der Waals surface area contributed by atoms with Crippen LogP contribution in [0.3, 0.4) is 0 Å². The van der Waals surface area contributed by atoms with Gasteiger partial charge < -0.3 is 10.1 Å². The van der Waals surface area contributed by atoms with E-state index in [1.54, 1.807) is 26.0 Å². The fraction of sp³-hybridized carbons (Fsp3) is 0.429. The second-order valence-electron chi connectivity index (χ2n) is 8.00. The zero-order valence-electron chi connectivity index (χ0n) is 16.5. The van der Waals surface area contributed by atoms with Crippen LogP contribution in [0.1, 0.15) is 52.0 Å². The quantitative estimate of drug-likeness (QED) is 0.482. The number of hydrogen-bond donors (Lipinski definition) is 1. The van der Waals surface area contributed by atoms with E-state index < -0.39 is 16.8 Å². The molecule has 0 bridgehead atoms. The number of esters is 1. The van der Waals surface area contributed by atoms with Crippen LogP contribution < -0.4 is 5.32 Å². The summed E-state index contributed by atoms with van der Waals surface area (Å²) in [4.78, 5) is 36.6. The molecule has 1 aliphatic carbocycles. The summed E-state index contributed by atoms with van der Waals surface area (Å²) in [5, 5.41) is 14.5. The Labute approximate surface area is 163 Å². The standard InChI is InChI=1S/C21H24N2O5/c1-5-28-20(25)17-12(2)22-15-10-21(3,4)11-16(24)19(15)18(17)13-7-6-8-14(9-13)23(26)27/h6-9,18,22H,5,10-11H2,1-4H3/t18-/m0/s1. The smallest absolute Gasteiger partial charge is 0.336 e. The number of benzene rings is 1. The molecule has 2 aliphatic rings. The van der Waals surface area contributed by atoms with Gasteiger partial charge in [0.15, 0.2) is 5.78 Å². The van der Waals surface area contributed by atoms with Crippen LogP contribution in [0.4, 0.5) is 5.69 Å². The third kappa shape index (κ3) is 3.56. The molecule has 0 radical (unpaired) electrons. The molecule has 1 atom stereocenters. The fourth-order valence-corrected chi connectivity index (χ4v) is 4.07. The number of nitro groups is 1. The number of carbonyl (C=O) groups is 2. The maximum atomic E-state index is 13.1. The van der Waals surface area contributed by atoms with Crippen LogP contribution in [-0.2, 0) is 14.3 Å². The van der Waals surface area contributed by atoms with E-state index >= 15 is 0 Å².